The van der Waals surface area contributed by atoms with Crippen LogP contribution in [0.3, 0.4) is 0 Å². The quantitative estimate of drug-likeness (QED) is 0.280. The predicted molar refractivity (Wildman–Crippen MR) is 156 cm³/mol. The Kier molecular flexibility index (Phi) is 10.7. The molecule has 0 atom stereocenters. The maximum atomic E-state index is 3.53. The number of fused-ring (bicyclic) bond motifs is 3. The summed E-state index contributed by atoms with van der Waals surface area (Å²) in [5, 5.41) is 0. The van der Waals surface area contributed by atoms with E-state index in [1.165, 1.54) is 55.0 Å². The van der Waals surface area contributed by atoms with Gasteiger partial charge in [0.1, 0.15) is 0 Å². The summed E-state index contributed by atoms with van der Waals surface area (Å²) in [5.41, 5.74) is 10.7. The molecule has 0 heterocycles. The molecule has 0 aliphatic heterocycles. The first-order valence-corrected chi connectivity index (χ1v) is 14.8. The van der Waals surface area contributed by atoms with E-state index in [-0.39, 0.29) is 10.8 Å². The molecule has 0 spiro atoms. The Bertz CT molecular complexity index is 1040. The van der Waals surface area contributed by atoms with Gasteiger partial charge in [0.2, 0.25) is 0 Å². The molecule has 0 bridgehead atoms. The van der Waals surface area contributed by atoms with Crippen molar-refractivity contribution in [2.45, 2.75) is 113 Å². The van der Waals surface area contributed by atoms with Gasteiger partial charge < -0.3 is 0 Å². The first-order chi connectivity index (χ1) is 16.6. The molecule has 0 saturated heterocycles. The van der Waals surface area contributed by atoms with E-state index in [4.69, 9.17) is 0 Å². The molecule has 4 rings (SSSR count). The van der Waals surface area contributed by atoms with Gasteiger partial charge in [-0.1, -0.05) is 115 Å². The minimum atomic E-state index is 0.177. The normalized spacial score (nSPS) is 14.2. The zero-order chi connectivity index (χ0) is 27.3. The van der Waals surface area contributed by atoms with E-state index >= 15 is 0 Å². The van der Waals surface area contributed by atoms with Crippen molar-refractivity contribution in [2.24, 2.45) is 5.41 Å². The average molecular weight is 560 g/mol. The third-order valence-electron chi connectivity index (χ3n) is 7.48. The van der Waals surface area contributed by atoms with Crippen molar-refractivity contribution >= 4 is 3.21 Å². The number of hydrogen-bond acceptors (Lipinski definition) is 0. The van der Waals surface area contributed by atoms with E-state index < -0.39 is 0 Å². The fourth-order valence-electron chi connectivity index (χ4n) is 4.46. The zero-order valence-electron chi connectivity index (χ0n) is 24.9. The molecule has 2 aliphatic rings. The van der Waals surface area contributed by atoms with Crippen molar-refractivity contribution in [3.05, 3.63) is 82.5 Å². The molecule has 0 amide bonds. The van der Waals surface area contributed by atoms with Crippen LogP contribution in [-0.2, 0) is 41.5 Å². The SMILES string of the molecule is CC(C)(C)c1c[c-]c2c(c1)-c1cc(C(C)(C)C)ccc1C2.CCC(C)(CC)C1=CC[C-]=C1.C[C](C)=[Zr+2]. The maximum absolute atomic E-state index is 3.53. The molecule has 2 aliphatic carbocycles. The van der Waals surface area contributed by atoms with Gasteiger partial charge in [0.15, 0.2) is 0 Å². The zero-order valence-corrected chi connectivity index (χ0v) is 27.3. The molecule has 1 heteroatoms. The molecule has 0 saturated carbocycles. The molecule has 0 aromatic heterocycles. The van der Waals surface area contributed by atoms with Crippen LogP contribution in [0.25, 0.3) is 11.1 Å². The van der Waals surface area contributed by atoms with E-state index in [2.05, 4.69) is 131 Å². The van der Waals surface area contributed by atoms with E-state index in [0.29, 0.717) is 5.41 Å². The van der Waals surface area contributed by atoms with Gasteiger partial charge in [0, 0.05) is 0 Å². The van der Waals surface area contributed by atoms with Crippen LogP contribution in [0.1, 0.15) is 118 Å². The number of benzene rings is 2. The van der Waals surface area contributed by atoms with Crippen LogP contribution in [-0.4, -0.2) is 3.21 Å². The van der Waals surface area contributed by atoms with Crippen molar-refractivity contribution < 1.29 is 24.2 Å². The Hall–Kier alpha value is -1.33. The van der Waals surface area contributed by atoms with Crippen LogP contribution in [0.5, 0.6) is 0 Å². The van der Waals surface area contributed by atoms with Gasteiger partial charge in [0.05, 0.1) is 0 Å². The van der Waals surface area contributed by atoms with Crippen molar-refractivity contribution in [1.82, 2.24) is 0 Å². The first-order valence-electron chi connectivity index (χ1n) is 13.6. The Morgan fingerprint density at radius 3 is 1.89 bits per heavy atom. The van der Waals surface area contributed by atoms with Gasteiger partial charge in [-0.25, -0.2) is 6.08 Å². The summed E-state index contributed by atoms with van der Waals surface area (Å²) in [6, 6.07) is 15.1. The van der Waals surface area contributed by atoms with E-state index in [0.717, 1.165) is 12.8 Å². The number of rotatable bonds is 3. The summed E-state index contributed by atoms with van der Waals surface area (Å²) in [5.74, 6) is 0. The van der Waals surface area contributed by atoms with Crippen molar-refractivity contribution in [3.8, 4) is 11.1 Å². The summed E-state index contributed by atoms with van der Waals surface area (Å²) < 4.78 is 1.51. The molecule has 2 aromatic rings. The summed E-state index contributed by atoms with van der Waals surface area (Å²) in [6.45, 7) is 24.7. The monoisotopic (exact) mass is 558 g/mol. The second-order valence-corrected chi connectivity index (χ2v) is 15.3. The topological polar surface area (TPSA) is 0 Å². The molecule has 192 valence electrons. The van der Waals surface area contributed by atoms with Crippen LogP contribution < -0.4 is 0 Å². The van der Waals surface area contributed by atoms with Gasteiger partial charge in [-0.2, -0.15) is 41.0 Å². The summed E-state index contributed by atoms with van der Waals surface area (Å²) in [7, 11) is 0. The molecular weight excluding hydrogens is 512 g/mol. The van der Waals surface area contributed by atoms with Crippen LogP contribution >= 0.6 is 0 Å². The Morgan fingerprint density at radius 2 is 1.42 bits per heavy atom. The van der Waals surface area contributed by atoms with Gasteiger partial charge in [-0.15, -0.1) is 12.0 Å². The second-order valence-electron chi connectivity index (χ2n) is 12.8. The fourth-order valence-corrected chi connectivity index (χ4v) is 4.46. The molecule has 36 heavy (non-hydrogen) atoms. The molecular formula is C35H48Zr. The second kappa shape index (κ2) is 12.5. The van der Waals surface area contributed by atoms with Gasteiger partial charge in [-0.05, 0) is 17.4 Å². The molecule has 0 unspecified atom stereocenters. The molecule has 2 aromatic carbocycles. The standard InChI is InChI=1S/C21H25.C11H17.C3H6.Zr/c1-20(2,3)16-9-7-14-11-15-8-10-17(21(4,5)6)13-19(15)18(14)12-16;1-4-11(3,5-2)10-8-6-7-9-10;1-3-2;/h7,9-10,12-13H,11H2,1-6H3;8-9H,4-6H2,1-3H3;1-2H3;/q2*-1;;+2. The van der Waals surface area contributed by atoms with Gasteiger partial charge in [-0.3, -0.25) is 6.08 Å². The summed E-state index contributed by atoms with van der Waals surface area (Å²) in [6.07, 6.45) is 12.2. The molecule has 0 N–H and O–H groups in total. The Labute approximate surface area is 238 Å². The fraction of sp³-hybridized carbons (Fsp3) is 0.514. The number of allylic oxidation sites excluding steroid dienone is 4. The van der Waals surface area contributed by atoms with Crippen LogP contribution in [0.15, 0.2) is 48.1 Å². The van der Waals surface area contributed by atoms with E-state index in [1.807, 2.05) is 0 Å². The van der Waals surface area contributed by atoms with E-state index in [1.54, 1.807) is 24.2 Å². The molecule has 0 nitrogen and oxygen atoms in total. The van der Waals surface area contributed by atoms with Crippen molar-refractivity contribution in [3.63, 3.8) is 0 Å². The van der Waals surface area contributed by atoms with Gasteiger partial charge >= 0.3 is 41.3 Å². The van der Waals surface area contributed by atoms with Crippen LogP contribution in [0.2, 0.25) is 0 Å². The third-order valence-corrected chi connectivity index (χ3v) is 7.48. The average Bonchev–Trinajstić information content (AvgIpc) is 3.45. The van der Waals surface area contributed by atoms with E-state index in [9.17, 15) is 0 Å². The third kappa shape index (κ3) is 8.08. The van der Waals surface area contributed by atoms with Crippen LogP contribution in [0.4, 0.5) is 0 Å². The van der Waals surface area contributed by atoms with Crippen molar-refractivity contribution in [1.29, 1.82) is 0 Å². The summed E-state index contributed by atoms with van der Waals surface area (Å²) in [4.78, 5) is 0. The molecule has 0 radical (unpaired) electrons. The summed E-state index contributed by atoms with van der Waals surface area (Å²) >= 11 is 1.55. The van der Waals surface area contributed by atoms with Crippen LogP contribution in [0, 0.1) is 17.6 Å². The first kappa shape index (κ1) is 30.9. The Morgan fingerprint density at radius 1 is 0.861 bits per heavy atom. The number of hydrogen-bond donors (Lipinski definition) is 0. The molecule has 0 fully saturated rings. The predicted octanol–water partition coefficient (Wildman–Crippen LogP) is 9.90. The minimum absolute atomic E-state index is 0.177. The van der Waals surface area contributed by atoms with Gasteiger partial charge in [0.25, 0.3) is 0 Å². The van der Waals surface area contributed by atoms with Crippen molar-refractivity contribution in [2.75, 3.05) is 0 Å². The Balaban J connectivity index is 0.000000255.